The minimum Gasteiger partial charge on any atom is -0.496 e. The van der Waals surface area contributed by atoms with Crippen LogP contribution < -0.4 is 4.74 Å². The predicted molar refractivity (Wildman–Crippen MR) is 132 cm³/mol. The highest BCUT2D eigenvalue weighted by Crippen LogP contribution is 2.47. The smallest absolute Gasteiger partial charge is 0.268 e. The predicted octanol–water partition coefficient (Wildman–Crippen LogP) is 5.47. The lowest BCUT2D eigenvalue weighted by Crippen LogP contribution is -2.44. The van der Waals surface area contributed by atoms with Crippen LogP contribution >= 0.6 is 0 Å². The Hall–Kier alpha value is -2.57. The van der Waals surface area contributed by atoms with E-state index in [9.17, 15) is 8.42 Å². The number of methoxy groups -OCH3 is 1. The molecule has 0 amide bonds. The number of nitrogens with zero attached hydrogens (tertiary/aromatic N) is 2. The average molecular weight is 465 g/mol. The first kappa shape index (κ1) is 22.2. The molecule has 5 nitrogen and oxygen atoms in total. The first-order valence-corrected chi connectivity index (χ1v) is 13.3. The van der Waals surface area contributed by atoms with Crippen molar-refractivity contribution in [2.24, 2.45) is 5.92 Å². The Morgan fingerprint density at radius 2 is 1.91 bits per heavy atom. The van der Waals surface area contributed by atoms with Crippen LogP contribution in [0.25, 0.3) is 10.9 Å². The number of aryl methyl sites for hydroxylation is 1. The number of allylic oxidation sites excluding steroid dienone is 1. The molecule has 0 saturated carbocycles. The highest BCUT2D eigenvalue weighted by Gasteiger charge is 2.41. The molecule has 0 bridgehead atoms. The fraction of sp³-hybridized carbons (Fsp3) is 0.407. The van der Waals surface area contributed by atoms with Gasteiger partial charge in [-0.3, -0.25) is 4.90 Å². The van der Waals surface area contributed by atoms with Gasteiger partial charge in [0.1, 0.15) is 5.75 Å². The summed E-state index contributed by atoms with van der Waals surface area (Å²) in [6.07, 6.45) is 5.03. The molecule has 2 aromatic carbocycles. The number of ether oxygens (including phenoxy) is 1. The monoisotopic (exact) mass is 464 g/mol. The molecule has 2 atom stereocenters. The maximum Gasteiger partial charge on any atom is 0.268 e. The highest BCUT2D eigenvalue weighted by atomic mass is 32.2. The van der Waals surface area contributed by atoms with Crippen molar-refractivity contribution in [3.63, 3.8) is 0 Å². The van der Waals surface area contributed by atoms with Crippen molar-refractivity contribution in [1.82, 2.24) is 8.87 Å². The van der Waals surface area contributed by atoms with Crippen molar-refractivity contribution < 1.29 is 13.2 Å². The molecule has 0 radical (unpaired) electrons. The summed E-state index contributed by atoms with van der Waals surface area (Å²) >= 11 is 0. The molecule has 6 heteroatoms. The fourth-order valence-electron chi connectivity index (χ4n) is 5.77. The number of aromatic nitrogens is 1. The first-order valence-electron chi connectivity index (χ1n) is 11.8. The number of piperidine rings is 1. The minimum atomic E-state index is -3.78. The zero-order valence-electron chi connectivity index (χ0n) is 19.8. The SMILES string of the molecule is CC=C1C[C@H]2c3c(c4c(OC)cccc4n3S(=O)(=O)c3ccc(C)cc3)CCN2C[C@H]1CC. The molecular weight excluding hydrogens is 432 g/mol. The zero-order chi connectivity index (χ0) is 23.3. The standard InChI is InChI=1S/C27H32N2O3S/c1-5-19-16-24-27-22(14-15-28(24)17-20(19)6-2)26-23(8-7-9-25(26)32-4)29(27)33(30,31)21-12-10-18(3)11-13-21/h5,7-13,20,24H,6,14-17H2,1-4H3/t20-,24+/m1/s1. The molecule has 0 aliphatic carbocycles. The summed E-state index contributed by atoms with van der Waals surface area (Å²) in [5.41, 5.74) is 5.21. The third-order valence-corrected chi connectivity index (χ3v) is 9.25. The molecule has 3 heterocycles. The lowest BCUT2D eigenvalue weighted by molar-refractivity contribution is 0.127. The van der Waals surface area contributed by atoms with Crippen LogP contribution in [0.15, 0.2) is 59.0 Å². The summed E-state index contributed by atoms with van der Waals surface area (Å²) < 4.78 is 35.6. The third kappa shape index (κ3) is 3.42. The Kier molecular flexibility index (Phi) is 5.61. The van der Waals surface area contributed by atoms with Gasteiger partial charge in [-0.25, -0.2) is 12.4 Å². The summed E-state index contributed by atoms with van der Waals surface area (Å²) in [7, 11) is -2.13. The normalized spacial score (nSPS) is 22.4. The van der Waals surface area contributed by atoms with Gasteiger partial charge in [0.05, 0.1) is 29.3 Å². The molecule has 3 aromatic rings. The Labute approximate surface area is 196 Å². The van der Waals surface area contributed by atoms with E-state index in [4.69, 9.17) is 4.74 Å². The van der Waals surface area contributed by atoms with E-state index in [-0.39, 0.29) is 6.04 Å². The maximum atomic E-state index is 14.1. The molecule has 174 valence electrons. The molecule has 5 rings (SSSR count). The number of hydrogen-bond acceptors (Lipinski definition) is 4. The van der Waals surface area contributed by atoms with Crippen LogP contribution in [0.5, 0.6) is 5.75 Å². The summed E-state index contributed by atoms with van der Waals surface area (Å²) in [5.74, 6) is 1.28. The van der Waals surface area contributed by atoms with Crippen molar-refractivity contribution in [3.05, 3.63) is 70.9 Å². The summed E-state index contributed by atoms with van der Waals surface area (Å²) in [5, 5.41) is 0.935. The van der Waals surface area contributed by atoms with Gasteiger partial charge in [-0.1, -0.05) is 42.3 Å². The average Bonchev–Trinajstić information content (AvgIpc) is 3.19. The fourth-order valence-corrected chi connectivity index (χ4v) is 7.36. The Bertz CT molecular complexity index is 1340. The van der Waals surface area contributed by atoms with Crippen LogP contribution in [0, 0.1) is 12.8 Å². The Morgan fingerprint density at radius 3 is 2.58 bits per heavy atom. The highest BCUT2D eigenvalue weighted by molar-refractivity contribution is 7.90. The van der Waals surface area contributed by atoms with E-state index in [0.717, 1.165) is 60.3 Å². The quantitative estimate of drug-likeness (QED) is 0.481. The molecule has 1 saturated heterocycles. The van der Waals surface area contributed by atoms with E-state index in [1.54, 1.807) is 23.2 Å². The number of fused-ring (bicyclic) bond motifs is 5. The molecule has 0 spiro atoms. The molecule has 1 aromatic heterocycles. The van der Waals surface area contributed by atoms with Gasteiger partial charge in [0, 0.05) is 18.5 Å². The van der Waals surface area contributed by atoms with Gasteiger partial charge in [0.25, 0.3) is 10.0 Å². The van der Waals surface area contributed by atoms with E-state index < -0.39 is 10.0 Å². The zero-order valence-corrected chi connectivity index (χ0v) is 20.7. The van der Waals surface area contributed by atoms with E-state index in [1.165, 1.54) is 5.57 Å². The van der Waals surface area contributed by atoms with E-state index >= 15 is 0 Å². The van der Waals surface area contributed by atoms with Crippen LogP contribution in [-0.4, -0.2) is 37.5 Å². The van der Waals surface area contributed by atoms with Gasteiger partial charge in [0.15, 0.2) is 0 Å². The Morgan fingerprint density at radius 1 is 1.15 bits per heavy atom. The number of rotatable bonds is 4. The van der Waals surface area contributed by atoms with Crippen LogP contribution in [0.3, 0.4) is 0 Å². The molecule has 1 fully saturated rings. The summed E-state index contributed by atoms with van der Waals surface area (Å²) in [6.45, 7) is 8.24. The van der Waals surface area contributed by atoms with Crippen LogP contribution in [0.2, 0.25) is 0 Å². The van der Waals surface area contributed by atoms with Gasteiger partial charge in [-0.05, 0) is 68.9 Å². The van der Waals surface area contributed by atoms with Crippen LogP contribution in [0.4, 0.5) is 0 Å². The lowest BCUT2D eigenvalue weighted by atomic mass is 9.81. The largest absolute Gasteiger partial charge is 0.496 e. The maximum absolute atomic E-state index is 14.1. The van der Waals surface area contributed by atoms with Gasteiger partial charge >= 0.3 is 0 Å². The van der Waals surface area contributed by atoms with Crippen LogP contribution in [-0.2, 0) is 16.4 Å². The van der Waals surface area contributed by atoms with Crippen LogP contribution in [0.1, 0.15) is 49.6 Å². The molecular formula is C27H32N2O3S. The molecule has 2 aliphatic rings. The van der Waals surface area contributed by atoms with E-state index in [1.807, 2.05) is 37.3 Å². The third-order valence-electron chi connectivity index (χ3n) is 7.51. The number of benzene rings is 2. The van der Waals surface area contributed by atoms with E-state index in [0.29, 0.717) is 16.3 Å². The van der Waals surface area contributed by atoms with Crippen molar-refractivity contribution in [3.8, 4) is 5.75 Å². The summed E-state index contributed by atoms with van der Waals surface area (Å²) in [4.78, 5) is 2.82. The van der Waals surface area contributed by atoms with Gasteiger partial charge in [0.2, 0.25) is 0 Å². The van der Waals surface area contributed by atoms with Gasteiger partial charge in [-0.2, -0.15) is 0 Å². The van der Waals surface area contributed by atoms with Crippen molar-refractivity contribution >= 4 is 20.9 Å². The van der Waals surface area contributed by atoms with Crippen molar-refractivity contribution in [1.29, 1.82) is 0 Å². The lowest BCUT2D eigenvalue weighted by Gasteiger charge is -2.44. The van der Waals surface area contributed by atoms with Gasteiger partial charge in [-0.15, -0.1) is 0 Å². The summed E-state index contributed by atoms with van der Waals surface area (Å²) in [6, 6.07) is 12.9. The second-order valence-electron chi connectivity index (χ2n) is 9.23. The second kappa shape index (κ2) is 8.33. The minimum absolute atomic E-state index is 0.0417. The first-order chi connectivity index (χ1) is 15.9. The number of hydrogen-bond donors (Lipinski definition) is 0. The molecule has 33 heavy (non-hydrogen) atoms. The van der Waals surface area contributed by atoms with E-state index in [2.05, 4.69) is 24.8 Å². The van der Waals surface area contributed by atoms with Crippen molar-refractivity contribution in [2.45, 2.75) is 51.0 Å². The topological polar surface area (TPSA) is 51.5 Å². The molecule has 2 aliphatic heterocycles. The molecule has 0 N–H and O–H groups in total. The second-order valence-corrected chi connectivity index (χ2v) is 11.0. The Balaban J connectivity index is 1.80. The van der Waals surface area contributed by atoms with Gasteiger partial charge < -0.3 is 4.74 Å². The van der Waals surface area contributed by atoms with Crippen molar-refractivity contribution in [2.75, 3.05) is 20.2 Å². The molecule has 0 unspecified atom stereocenters.